The van der Waals surface area contributed by atoms with Crippen LogP contribution >= 0.6 is 11.8 Å². The molecule has 0 radical (unpaired) electrons. The van der Waals surface area contributed by atoms with Crippen molar-refractivity contribution in [2.45, 2.75) is 93.1 Å². The number of thioether (sulfide) groups is 1. The molecular weight excluding hydrogens is 374 g/mol. The van der Waals surface area contributed by atoms with Gasteiger partial charge in [-0.05, 0) is 25.2 Å². The van der Waals surface area contributed by atoms with Crippen LogP contribution in [0.15, 0.2) is 0 Å². The summed E-state index contributed by atoms with van der Waals surface area (Å²) in [4.78, 5) is 4.38. The maximum Gasteiger partial charge on any atom is 0.132 e. The van der Waals surface area contributed by atoms with Crippen LogP contribution in [0.5, 0.6) is 0 Å². The standard InChI is InChI=1S/C18H35NO7S/c1-10(2)7-11(9-25-24)19-12-5-3-4-6-14(12)27-18-17(23)16(22)15(21)13(8-20)26-18/h10-24H,3-9H2,1-2H3/t11-,12?,13?,14?,15-,16?,17?,18-/m0/s1. The highest BCUT2D eigenvalue weighted by atomic mass is 32.2. The van der Waals surface area contributed by atoms with E-state index in [4.69, 9.17) is 9.99 Å². The molecule has 0 aromatic heterocycles. The highest BCUT2D eigenvalue weighted by molar-refractivity contribution is 8.00. The van der Waals surface area contributed by atoms with Gasteiger partial charge in [-0.2, -0.15) is 0 Å². The second kappa shape index (κ2) is 11.3. The minimum Gasteiger partial charge on any atom is -0.394 e. The van der Waals surface area contributed by atoms with Crippen LogP contribution in [-0.2, 0) is 9.62 Å². The van der Waals surface area contributed by atoms with E-state index in [1.807, 2.05) is 0 Å². The van der Waals surface area contributed by atoms with Crippen molar-refractivity contribution in [1.82, 2.24) is 5.32 Å². The average molecular weight is 410 g/mol. The summed E-state index contributed by atoms with van der Waals surface area (Å²) < 4.78 is 5.66. The molecule has 9 heteroatoms. The minimum atomic E-state index is -1.35. The van der Waals surface area contributed by atoms with E-state index in [2.05, 4.69) is 24.1 Å². The van der Waals surface area contributed by atoms with Gasteiger partial charge < -0.3 is 30.5 Å². The molecule has 0 spiro atoms. The largest absolute Gasteiger partial charge is 0.394 e. The van der Waals surface area contributed by atoms with Crippen molar-refractivity contribution in [3.63, 3.8) is 0 Å². The molecule has 1 aliphatic heterocycles. The molecule has 8 atom stereocenters. The Morgan fingerprint density at radius 3 is 2.44 bits per heavy atom. The first-order valence-corrected chi connectivity index (χ1v) is 10.8. The number of rotatable bonds is 9. The second-order valence-corrected chi connectivity index (χ2v) is 9.39. The number of ether oxygens (including phenoxy) is 1. The highest BCUT2D eigenvalue weighted by Gasteiger charge is 2.45. The van der Waals surface area contributed by atoms with E-state index in [0.29, 0.717) is 5.92 Å². The fraction of sp³-hybridized carbons (Fsp3) is 1.00. The van der Waals surface area contributed by atoms with Crippen LogP contribution in [0.25, 0.3) is 0 Å². The van der Waals surface area contributed by atoms with E-state index in [1.165, 1.54) is 11.8 Å². The Kier molecular flexibility index (Phi) is 9.73. The lowest BCUT2D eigenvalue weighted by Gasteiger charge is -2.43. The first kappa shape index (κ1) is 23.3. The summed E-state index contributed by atoms with van der Waals surface area (Å²) in [5.74, 6) is 0.456. The van der Waals surface area contributed by atoms with E-state index in [-0.39, 0.29) is 23.9 Å². The zero-order chi connectivity index (χ0) is 20.0. The number of hydrogen-bond donors (Lipinski definition) is 6. The van der Waals surface area contributed by atoms with Gasteiger partial charge >= 0.3 is 0 Å². The molecule has 1 aliphatic carbocycles. The summed E-state index contributed by atoms with van der Waals surface area (Å²) in [5, 5.41) is 52.2. The third kappa shape index (κ3) is 6.52. The first-order valence-electron chi connectivity index (χ1n) is 9.85. The highest BCUT2D eigenvalue weighted by Crippen LogP contribution is 2.37. The van der Waals surface area contributed by atoms with E-state index in [1.54, 1.807) is 0 Å². The molecule has 2 fully saturated rings. The lowest BCUT2D eigenvalue weighted by Crippen LogP contribution is -2.58. The molecule has 5 unspecified atom stereocenters. The minimum absolute atomic E-state index is 0.0241. The van der Waals surface area contributed by atoms with Crippen LogP contribution in [0.3, 0.4) is 0 Å². The molecule has 0 aromatic rings. The number of nitrogens with one attached hydrogen (secondary N) is 1. The molecule has 1 saturated carbocycles. The third-order valence-electron chi connectivity index (χ3n) is 5.34. The Hall–Kier alpha value is 0.0300. The predicted octanol–water partition coefficient (Wildman–Crippen LogP) is 0.325. The normalized spacial score (nSPS) is 38.9. The van der Waals surface area contributed by atoms with Gasteiger partial charge in [0.1, 0.15) is 29.9 Å². The zero-order valence-corrected chi connectivity index (χ0v) is 16.9. The van der Waals surface area contributed by atoms with Crippen molar-refractivity contribution in [2.24, 2.45) is 5.92 Å². The lowest BCUT2D eigenvalue weighted by molar-refractivity contribution is -0.247. The fourth-order valence-electron chi connectivity index (χ4n) is 3.95. The molecule has 1 saturated heterocycles. The monoisotopic (exact) mass is 409 g/mol. The molecular formula is C18H35NO7S. The quantitative estimate of drug-likeness (QED) is 0.235. The van der Waals surface area contributed by atoms with Crippen LogP contribution < -0.4 is 5.32 Å². The van der Waals surface area contributed by atoms with Gasteiger partial charge in [0, 0.05) is 17.3 Å². The van der Waals surface area contributed by atoms with Crippen molar-refractivity contribution < 1.29 is 35.3 Å². The summed E-state index contributed by atoms with van der Waals surface area (Å²) in [6.45, 7) is 4.03. The third-order valence-corrected chi connectivity index (χ3v) is 6.91. The van der Waals surface area contributed by atoms with Crippen LogP contribution in [-0.4, -0.2) is 86.1 Å². The number of hydrogen-bond acceptors (Lipinski definition) is 9. The van der Waals surface area contributed by atoms with E-state index < -0.39 is 36.5 Å². The molecule has 2 aliphatic rings. The van der Waals surface area contributed by atoms with Gasteiger partial charge in [0.25, 0.3) is 0 Å². The summed E-state index contributed by atoms with van der Waals surface area (Å²) in [5.41, 5.74) is -0.717. The molecule has 0 bridgehead atoms. The number of aliphatic hydroxyl groups excluding tert-OH is 4. The van der Waals surface area contributed by atoms with Gasteiger partial charge in [-0.1, -0.05) is 26.7 Å². The van der Waals surface area contributed by atoms with Gasteiger partial charge in [0.2, 0.25) is 0 Å². The Bertz CT molecular complexity index is 429. The van der Waals surface area contributed by atoms with Gasteiger partial charge in [0.15, 0.2) is 0 Å². The molecule has 160 valence electrons. The predicted molar refractivity (Wildman–Crippen MR) is 102 cm³/mol. The maximum absolute atomic E-state index is 10.3. The molecule has 2 rings (SSSR count). The molecule has 6 N–H and O–H groups in total. The fourth-order valence-corrected chi connectivity index (χ4v) is 5.53. The Morgan fingerprint density at radius 1 is 1.11 bits per heavy atom. The van der Waals surface area contributed by atoms with E-state index in [0.717, 1.165) is 32.1 Å². The van der Waals surface area contributed by atoms with Crippen molar-refractivity contribution in [3.05, 3.63) is 0 Å². The SMILES string of the molecule is CC(C)C[C@@H](COO)NC1CCCCC1S[C@@H]1OC(CO)[C@H](O)C(O)C1O. The van der Waals surface area contributed by atoms with Gasteiger partial charge in [-0.15, -0.1) is 11.8 Å². The van der Waals surface area contributed by atoms with Crippen molar-refractivity contribution in [3.8, 4) is 0 Å². The van der Waals surface area contributed by atoms with Gasteiger partial charge in [-0.3, -0.25) is 5.26 Å². The number of aliphatic hydroxyl groups is 4. The molecule has 0 aromatic carbocycles. The van der Waals surface area contributed by atoms with Crippen LogP contribution in [0.2, 0.25) is 0 Å². The lowest BCUT2D eigenvalue weighted by atomic mass is 9.93. The summed E-state index contributed by atoms with van der Waals surface area (Å²) >= 11 is 1.44. The van der Waals surface area contributed by atoms with Crippen molar-refractivity contribution in [2.75, 3.05) is 13.2 Å². The van der Waals surface area contributed by atoms with Crippen molar-refractivity contribution in [1.29, 1.82) is 0 Å². The molecule has 0 amide bonds. The maximum atomic E-state index is 10.3. The van der Waals surface area contributed by atoms with Crippen molar-refractivity contribution >= 4 is 11.8 Å². The summed E-state index contributed by atoms with van der Waals surface area (Å²) in [7, 11) is 0. The topological polar surface area (TPSA) is 132 Å². The molecule has 27 heavy (non-hydrogen) atoms. The Morgan fingerprint density at radius 2 is 1.81 bits per heavy atom. The van der Waals surface area contributed by atoms with E-state index in [9.17, 15) is 20.4 Å². The molecule has 1 heterocycles. The second-order valence-electron chi connectivity index (χ2n) is 8.05. The van der Waals surface area contributed by atoms with Crippen LogP contribution in [0.1, 0.15) is 46.0 Å². The molecule has 8 nitrogen and oxygen atoms in total. The van der Waals surface area contributed by atoms with E-state index >= 15 is 0 Å². The zero-order valence-electron chi connectivity index (χ0n) is 16.1. The average Bonchev–Trinajstić information content (AvgIpc) is 2.63. The first-order chi connectivity index (χ1) is 12.9. The van der Waals surface area contributed by atoms with Gasteiger partial charge in [0.05, 0.1) is 13.2 Å². The Balaban J connectivity index is 2.01. The van der Waals surface area contributed by atoms with Gasteiger partial charge in [-0.25, -0.2) is 4.89 Å². The summed E-state index contributed by atoms with van der Waals surface area (Å²) in [6.07, 6.45) is 0.153. The summed E-state index contributed by atoms with van der Waals surface area (Å²) in [6, 6.07) is 0.186. The Labute approximate surface area is 165 Å². The smallest absolute Gasteiger partial charge is 0.132 e. The van der Waals surface area contributed by atoms with Crippen LogP contribution in [0.4, 0.5) is 0 Å². The van der Waals surface area contributed by atoms with Crippen LogP contribution in [0, 0.1) is 5.92 Å².